The smallest absolute Gasteiger partial charge is 0.0382 e. The minimum Gasteiger partial charge on any atom is -0.381 e. The van der Waals surface area contributed by atoms with E-state index in [1.54, 1.807) is 5.56 Å². The predicted molar refractivity (Wildman–Crippen MR) is 91.3 cm³/mol. The maximum absolute atomic E-state index is 3.93. The predicted octanol–water partition coefficient (Wildman–Crippen LogP) is 4.17. The molecule has 1 aliphatic carbocycles. The Labute approximate surface area is 134 Å². The van der Waals surface area contributed by atoms with Crippen molar-refractivity contribution in [2.45, 2.75) is 69.4 Å². The summed E-state index contributed by atoms with van der Waals surface area (Å²) < 4.78 is 0. The average molecular weight is 296 g/mol. The first-order chi connectivity index (χ1) is 10.7. The van der Waals surface area contributed by atoms with Crippen LogP contribution in [0.1, 0.15) is 57.9 Å². The van der Waals surface area contributed by atoms with Gasteiger partial charge in [-0.3, -0.25) is 4.90 Å². The van der Waals surface area contributed by atoms with E-state index in [9.17, 15) is 0 Å². The van der Waals surface area contributed by atoms with Gasteiger partial charge < -0.3 is 5.32 Å². The van der Waals surface area contributed by atoms with Gasteiger partial charge >= 0.3 is 0 Å². The van der Waals surface area contributed by atoms with Crippen LogP contribution in [0.2, 0.25) is 0 Å². The van der Waals surface area contributed by atoms with Crippen LogP contribution in [-0.2, 0) is 5.41 Å². The lowest BCUT2D eigenvalue weighted by Gasteiger charge is -2.65. The molecule has 1 aromatic rings. The Kier molecular flexibility index (Phi) is 2.49. The molecule has 0 bridgehead atoms. The van der Waals surface area contributed by atoms with Crippen molar-refractivity contribution in [2.75, 3.05) is 18.4 Å². The minimum atomic E-state index is 0.343. The fourth-order valence-electron chi connectivity index (χ4n) is 7.27. The maximum Gasteiger partial charge on any atom is 0.0382 e. The van der Waals surface area contributed by atoms with Gasteiger partial charge in [0.15, 0.2) is 0 Å². The van der Waals surface area contributed by atoms with Gasteiger partial charge in [-0.05, 0) is 75.6 Å². The summed E-state index contributed by atoms with van der Waals surface area (Å²) in [6.45, 7) is 7.70. The quantitative estimate of drug-likeness (QED) is 0.837. The molecule has 4 atom stereocenters. The third-order valence-electron chi connectivity index (χ3n) is 8.31. The van der Waals surface area contributed by atoms with Crippen molar-refractivity contribution in [3.8, 4) is 0 Å². The number of fused-ring (bicyclic) bond motifs is 1. The Balaban J connectivity index is 1.79. The maximum atomic E-state index is 3.93. The lowest BCUT2D eigenvalue weighted by molar-refractivity contribution is -0.107. The number of piperidine rings is 1. The molecule has 0 aromatic heterocycles. The Morgan fingerprint density at radius 3 is 2.91 bits per heavy atom. The number of nitrogens with zero attached hydrogens (tertiary/aromatic N) is 1. The first-order valence-electron chi connectivity index (χ1n) is 9.29. The van der Waals surface area contributed by atoms with Gasteiger partial charge in [-0.15, -0.1) is 0 Å². The third-order valence-corrected chi connectivity index (χ3v) is 8.31. The molecule has 0 unspecified atom stereocenters. The summed E-state index contributed by atoms with van der Waals surface area (Å²) in [5, 5.41) is 3.93. The van der Waals surface area contributed by atoms with Crippen molar-refractivity contribution in [1.82, 2.24) is 4.90 Å². The Morgan fingerprint density at radius 2 is 2.05 bits per heavy atom. The topological polar surface area (TPSA) is 15.3 Å². The Hall–Kier alpha value is -1.02. The van der Waals surface area contributed by atoms with Crippen molar-refractivity contribution < 1.29 is 0 Å². The minimum absolute atomic E-state index is 0.343. The number of nitrogens with one attached hydrogen (secondary N) is 1. The van der Waals surface area contributed by atoms with Crippen molar-refractivity contribution in [2.24, 2.45) is 5.41 Å². The van der Waals surface area contributed by atoms with E-state index < -0.39 is 0 Å². The Morgan fingerprint density at radius 1 is 1.18 bits per heavy atom. The van der Waals surface area contributed by atoms with Crippen LogP contribution in [0.3, 0.4) is 0 Å². The van der Waals surface area contributed by atoms with Crippen LogP contribution in [0.4, 0.5) is 5.69 Å². The molecule has 3 aliphatic heterocycles. The number of rotatable bonds is 1. The number of hydrogen-bond acceptors (Lipinski definition) is 2. The molecule has 5 rings (SSSR count). The highest BCUT2D eigenvalue weighted by molar-refractivity contribution is 5.65. The van der Waals surface area contributed by atoms with Crippen LogP contribution in [0.25, 0.3) is 0 Å². The monoisotopic (exact) mass is 296 g/mol. The van der Waals surface area contributed by atoms with E-state index in [1.807, 2.05) is 0 Å². The third kappa shape index (κ3) is 1.18. The zero-order valence-electron chi connectivity index (χ0n) is 14.0. The van der Waals surface area contributed by atoms with E-state index in [1.165, 1.54) is 57.3 Å². The largest absolute Gasteiger partial charge is 0.381 e. The molecule has 0 radical (unpaired) electrons. The molecule has 1 aromatic carbocycles. The fourth-order valence-corrected chi connectivity index (χ4v) is 7.27. The van der Waals surface area contributed by atoms with E-state index in [2.05, 4.69) is 48.3 Å². The highest BCUT2D eigenvalue weighted by atomic mass is 15.3. The molecule has 0 amide bonds. The molecular formula is C20H28N2. The first kappa shape index (κ1) is 13.4. The van der Waals surface area contributed by atoms with Gasteiger partial charge in [0.1, 0.15) is 0 Å². The summed E-state index contributed by atoms with van der Waals surface area (Å²) in [6, 6.07) is 9.84. The molecule has 3 heterocycles. The molecule has 4 aliphatic rings. The molecule has 1 saturated carbocycles. The lowest BCUT2D eigenvalue weighted by Crippen LogP contribution is -2.71. The van der Waals surface area contributed by atoms with Crippen molar-refractivity contribution in [3.63, 3.8) is 0 Å². The summed E-state index contributed by atoms with van der Waals surface area (Å²) in [5.41, 5.74) is 4.27. The standard InChI is InChI=1S/C20H28N2/c1-3-19-10-6-13-22-14-12-20(18(19,22)2)15-7-4-5-8-16(15)21-17(20)9-11-19/h4-5,7-8,17,21H,3,6,9-14H2,1-2H3/t17-,18-,19-,20-/m1/s1. The lowest BCUT2D eigenvalue weighted by atomic mass is 9.45. The summed E-state index contributed by atoms with van der Waals surface area (Å²) in [7, 11) is 0. The molecule has 2 heteroatoms. The number of benzene rings is 1. The van der Waals surface area contributed by atoms with Gasteiger partial charge in [0.2, 0.25) is 0 Å². The highest BCUT2D eigenvalue weighted by Gasteiger charge is 2.72. The van der Waals surface area contributed by atoms with E-state index >= 15 is 0 Å². The van der Waals surface area contributed by atoms with Gasteiger partial charge in [-0.1, -0.05) is 25.1 Å². The summed E-state index contributed by atoms with van der Waals surface area (Å²) in [4.78, 5) is 2.88. The van der Waals surface area contributed by atoms with Crippen LogP contribution in [0, 0.1) is 5.41 Å². The number of anilines is 1. The second-order valence-corrected chi connectivity index (χ2v) is 8.30. The van der Waals surface area contributed by atoms with Gasteiger partial charge in [-0.2, -0.15) is 0 Å². The zero-order chi connectivity index (χ0) is 15.0. The normalized spacial score (nSPS) is 45.8. The molecule has 3 fully saturated rings. The molecule has 118 valence electrons. The van der Waals surface area contributed by atoms with Crippen LogP contribution in [-0.4, -0.2) is 29.6 Å². The van der Waals surface area contributed by atoms with E-state index in [-0.39, 0.29) is 0 Å². The SMILES string of the molecule is CC[C@@]12CCCN3CC[C@]4(c5ccccc5N[C@@H]4CC1)[C@]32C. The van der Waals surface area contributed by atoms with Crippen molar-refractivity contribution in [3.05, 3.63) is 29.8 Å². The number of para-hydroxylation sites is 1. The molecule has 22 heavy (non-hydrogen) atoms. The zero-order valence-corrected chi connectivity index (χ0v) is 14.0. The van der Waals surface area contributed by atoms with Gasteiger partial charge in [-0.25, -0.2) is 0 Å². The molecular weight excluding hydrogens is 268 g/mol. The van der Waals surface area contributed by atoms with Gasteiger partial charge in [0.05, 0.1) is 0 Å². The molecule has 1 N–H and O–H groups in total. The second kappa shape index (κ2) is 4.08. The second-order valence-electron chi connectivity index (χ2n) is 8.30. The van der Waals surface area contributed by atoms with Crippen molar-refractivity contribution in [1.29, 1.82) is 0 Å². The van der Waals surface area contributed by atoms with Crippen LogP contribution >= 0.6 is 0 Å². The number of hydrogen-bond donors (Lipinski definition) is 1. The van der Waals surface area contributed by atoms with Gasteiger partial charge in [0.25, 0.3) is 0 Å². The van der Waals surface area contributed by atoms with E-state index in [0.717, 1.165) is 0 Å². The first-order valence-corrected chi connectivity index (χ1v) is 9.29. The van der Waals surface area contributed by atoms with Crippen LogP contribution < -0.4 is 5.32 Å². The Bertz CT molecular complexity index is 626. The molecule has 2 saturated heterocycles. The highest BCUT2D eigenvalue weighted by Crippen LogP contribution is 2.69. The molecule has 1 spiro atoms. The summed E-state index contributed by atoms with van der Waals surface area (Å²) in [6.07, 6.45) is 8.29. The van der Waals surface area contributed by atoms with Gasteiger partial charge in [0, 0.05) is 22.7 Å². The average Bonchev–Trinajstić information content (AvgIpc) is 3.04. The fraction of sp³-hybridized carbons (Fsp3) is 0.700. The summed E-state index contributed by atoms with van der Waals surface area (Å²) >= 11 is 0. The van der Waals surface area contributed by atoms with Crippen LogP contribution in [0.5, 0.6) is 0 Å². The van der Waals surface area contributed by atoms with Crippen LogP contribution in [0.15, 0.2) is 24.3 Å². The molecule has 2 nitrogen and oxygen atoms in total. The van der Waals surface area contributed by atoms with E-state index in [0.29, 0.717) is 22.4 Å². The van der Waals surface area contributed by atoms with Crippen molar-refractivity contribution >= 4 is 5.69 Å². The summed E-state index contributed by atoms with van der Waals surface area (Å²) in [5.74, 6) is 0. The van der Waals surface area contributed by atoms with E-state index in [4.69, 9.17) is 0 Å².